The molecular weight excluding hydrogens is 1360 g/mol. The number of carboxylic acids is 5. The van der Waals surface area contributed by atoms with Crippen molar-refractivity contribution in [2.75, 3.05) is 0 Å². The molecule has 10 heteroatoms. The van der Waals surface area contributed by atoms with Gasteiger partial charge in [0.25, 0.3) is 0 Å². The molecule has 654 valence electrons. The van der Waals surface area contributed by atoms with E-state index in [1.165, 1.54) is 276 Å². The number of unbranched alkanes of at least 4 members (excludes halogenated alkanes) is 50. The fourth-order valence-electron chi connectivity index (χ4n) is 17.6. The second-order valence-electron chi connectivity index (χ2n) is 39.6. The molecule has 5 N–H and O–H groups in total. The van der Waals surface area contributed by atoms with Crippen molar-refractivity contribution in [2.45, 2.75) is 539 Å². The van der Waals surface area contributed by atoms with Crippen LogP contribution in [0.4, 0.5) is 0 Å². The molecule has 0 aliphatic rings. The topological polar surface area (TPSA) is 186 Å². The van der Waals surface area contributed by atoms with Gasteiger partial charge in [0.1, 0.15) is 0 Å². The zero-order valence-electron chi connectivity index (χ0n) is 76.0. The van der Waals surface area contributed by atoms with Crippen LogP contribution in [0.25, 0.3) is 0 Å². The highest BCUT2D eigenvalue weighted by Gasteiger charge is 2.44. The zero-order chi connectivity index (χ0) is 82.2. The molecule has 0 aromatic heterocycles. The van der Waals surface area contributed by atoms with Gasteiger partial charge in [0.15, 0.2) is 0 Å². The van der Waals surface area contributed by atoms with Gasteiger partial charge in [-0.15, -0.1) is 0 Å². The van der Waals surface area contributed by atoms with Gasteiger partial charge >= 0.3 is 29.8 Å². The molecule has 0 aromatic rings. The molecule has 0 rings (SSSR count). The summed E-state index contributed by atoms with van der Waals surface area (Å²) in [5.74, 6) is -3.68. The summed E-state index contributed by atoms with van der Waals surface area (Å²) in [5.41, 5.74) is -0.955. The number of rotatable bonds is 84. The Morgan fingerprint density at radius 1 is 0.173 bits per heavy atom. The van der Waals surface area contributed by atoms with Crippen LogP contribution in [0.3, 0.4) is 0 Å². The van der Waals surface area contributed by atoms with Crippen LogP contribution in [0.1, 0.15) is 539 Å². The fourth-order valence-corrected chi connectivity index (χ4v) is 17.6. The molecule has 5 atom stereocenters. The molecular formula is C100H194O10. The third-order valence-corrected chi connectivity index (χ3v) is 24.5. The minimum absolute atomic E-state index is 0.109. The maximum atomic E-state index is 13.5. The molecule has 0 aromatic carbocycles. The average molecular weight is 1560 g/mol. The molecule has 0 aliphatic heterocycles. The number of hydrogen-bond acceptors (Lipinski definition) is 5. The van der Waals surface area contributed by atoms with Crippen LogP contribution in [-0.4, -0.2) is 55.4 Å². The van der Waals surface area contributed by atoms with Crippen molar-refractivity contribution in [3.63, 3.8) is 0 Å². The van der Waals surface area contributed by atoms with Crippen molar-refractivity contribution in [2.24, 2.45) is 70.0 Å². The van der Waals surface area contributed by atoms with Crippen LogP contribution in [0.15, 0.2) is 0 Å². The SMILES string of the molecule is CC(C)CCCCCCCCCCCCCC(CC(C)(C)C)C(=O)O.CC(C)CCCCCCCCCCCCCC(CC(CC(CCCCCCCCCCCCCC(C)C)C(=O)O)(CC(CCCCCCCCCCCCCC(C)C)C(=O)O)CC(CCCCCCCCCCCCCC(C)C)C(=O)O)C(=O)O. The summed E-state index contributed by atoms with van der Waals surface area (Å²) in [5, 5.41) is 53.6. The Morgan fingerprint density at radius 3 is 0.373 bits per heavy atom. The van der Waals surface area contributed by atoms with Crippen LogP contribution in [0.5, 0.6) is 0 Å². The van der Waals surface area contributed by atoms with E-state index in [9.17, 15) is 49.5 Å². The van der Waals surface area contributed by atoms with E-state index in [0.717, 1.165) is 152 Å². The molecule has 0 fully saturated rings. The molecule has 0 amide bonds. The highest BCUT2D eigenvalue weighted by Crippen LogP contribution is 2.49. The minimum atomic E-state index is -1.06. The Kier molecular flexibility index (Phi) is 75.9. The first kappa shape index (κ1) is 109. The van der Waals surface area contributed by atoms with Crippen molar-refractivity contribution in [3.05, 3.63) is 0 Å². The number of carbonyl (C=O) groups is 5. The predicted octanol–water partition coefficient (Wildman–Crippen LogP) is 33.1. The van der Waals surface area contributed by atoms with E-state index in [0.29, 0.717) is 25.7 Å². The molecule has 5 unspecified atom stereocenters. The van der Waals surface area contributed by atoms with E-state index >= 15 is 0 Å². The standard InChI is InChI=1S/C77H148O8.C23H46O2/c1-65(2)53-45-37-29-21-13-9-17-25-33-41-49-57-69(73(78)79)61-77(62-70(74(80)81)58-50-42-34-26-18-10-14-22-30-38-46-54-66(3)4,63-71(75(82)83)59-51-43-35-27-19-11-15-23-31-39-47-55-67(5)6)64-72(76(84)85)60-52-44-36-28-20-12-16-24-32-40-48-56-68(7)8;1-20(2)17-15-13-11-9-7-6-8-10-12-14-16-18-21(22(24)25)19-23(3,4)5/h65-72H,9-64H2,1-8H3,(H,78,79)(H,80,81)(H,82,83)(H,84,85);20-21H,6-19H2,1-5H3,(H,24,25). The minimum Gasteiger partial charge on any atom is -0.481 e. The van der Waals surface area contributed by atoms with Gasteiger partial charge in [0.2, 0.25) is 0 Å². The van der Waals surface area contributed by atoms with Crippen molar-refractivity contribution >= 4 is 29.8 Å². The summed E-state index contributed by atoms with van der Waals surface area (Å²) < 4.78 is 0. The quantitative estimate of drug-likeness (QED) is 0.0367. The highest BCUT2D eigenvalue weighted by atomic mass is 16.4. The third kappa shape index (κ3) is 76.6. The second-order valence-corrected chi connectivity index (χ2v) is 39.6. The van der Waals surface area contributed by atoms with Gasteiger partial charge in [0.05, 0.1) is 29.6 Å². The van der Waals surface area contributed by atoms with Crippen LogP contribution in [0.2, 0.25) is 0 Å². The van der Waals surface area contributed by atoms with Gasteiger partial charge in [-0.05, 0) is 105 Å². The van der Waals surface area contributed by atoms with E-state index in [-0.39, 0.29) is 37.0 Å². The molecule has 0 radical (unpaired) electrons. The summed E-state index contributed by atoms with van der Waals surface area (Å²) in [7, 11) is 0. The maximum Gasteiger partial charge on any atom is 0.306 e. The van der Waals surface area contributed by atoms with Crippen LogP contribution in [0, 0.1) is 70.0 Å². The van der Waals surface area contributed by atoms with Crippen molar-refractivity contribution in [1.29, 1.82) is 0 Å². The number of hydrogen-bond donors (Lipinski definition) is 5. The van der Waals surface area contributed by atoms with Gasteiger partial charge in [0, 0.05) is 0 Å². The lowest BCUT2D eigenvalue weighted by Crippen LogP contribution is -2.38. The number of aliphatic carboxylic acids is 5. The van der Waals surface area contributed by atoms with Crippen LogP contribution >= 0.6 is 0 Å². The highest BCUT2D eigenvalue weighted by molar-refractivity contribution is 5.73. The van der Waals surface area contributed by atoms with Crippen LogP contribution < -0.4 is 0 Å². The van der Waals surface area contributed by atoms with Gasteiger partial charge in [-0.1, -0.05) is 475 Å². The van der Waals surface area contributed by atoms with E-state index in [2.05, 4.69) is 90.0 Å². The first-order chi connectivity index (χ1) is 52.6. The third-order valence-electron chi connectivity index (χ3n) is 24.5. The van der Waals surface area contributed by atoms with E-state index in [1.54, 1.807) is 0 Å². The smallest absolute Gasteiger partial charge is 0.306 e. The molecule has 0 bridgehead atoms. The Balaban J connectivity index is 0. The average Bonchev–Trinajstić information content (AvgIpc) is 0.803. The molecule has 0 saturated carbocycles. The Labute approximate surface area is 685 Å². The van der Waals surface area contributed by atoms with Crippen LogP contribution in [-0.2, 0) is 24.0 Å². The summed E-state index contributed by atoms with van der Waals surface area (Å²) in [6.45, 7) is 29.4. The van der Waals surface area contributed by atoms with Crippen molar-refractivity contribution < 1.29 is 49.5 Å². The Hall–Kier alpha value is -2.65. The molecule has 110 heavy (non-hydrogen) atoms. The fraction of sp³-hybridized carbons (Fsp3) is 0.950. The largest absolute Gasteiger partial charge is 0.481 e. The molecule has 10 nitrogen and oxygen atoms in total. The Bertz CT molecular complexity index is 1820. The molecule has 0 heterocycles. The lowest BCUT2D eigenvalue weighted by Gasteiger charge is -2.41. The number of carboxylic acid groups (broad SMARTS) is 5. The van der Waals surface area contributed by atoms with E-state index < -0.39 is 58.9 Å². The lowest BCUT2D eigenvalue weighted by molar-refractivity contribution is -0.148. The summed E-state index contributed by atoms with van der Waals surface area (Å²) >= 11 is 0. The van der Waals surface area contributed by atoms with E-state index in [1.807, 2.05) is 0 Å². The summed E-state index contributed by atoms with van der Waals surface area (Å²) in [6.07, 6.45) is 76.5. The van der Waals surface area contributed by atoms with Gasteiger partial charge in [-0.3, -0.25) is 24.0 Å². The van der Waals surface area contributed by atoms with Gasteiger partial charge in [-0.25, -0.2) is 0 Å². The van der Waals surface area contributed by atoms with E-state index in [4.69, 9.17) is 0 Å². The monoisotopic (exact) mass is 1560 g/mol. The molecule has 0 spiro atoms. The first-order valence-corrected chi connectivity index (χ1v) is 48.7. The van der Waals surface area contributed by atoms with Crippen molar-refractivity contribution in [1.82, 2.24) is 0 Å². The second kappa shape index (κ2) is 76.3. The Morgan fingerprint density at radius 2 is 0.273 bits per heavy atom. The maximum absolute atomic E-state index is 13.5. The first-order valence-electron chi connectivity index (χ1n) is 48.7. The predicted molar refractivity (Wildman–Crippen MR) is 475 cm³/mol. The molecule has 0 aliphatic carbocycles. The summed E-state index contributed by atoms with van der Waals surface area (Å²) in [4.78, 5) is 65.4. The zero-order valence-corrected chi connectivity index (χ0v) is 76.0. The van der Waals surface area contributed by atoms with Gasteiger partial charge in [-0.2, -0.15) is 0 Å². The lowest BCUT2D eigenvalue weighted by atomic mass is 9.62. The normalized spacial score (nSPS) is 14.0. The summed E-state index contributed by atoms with van der Waals surface area (Å²) in [6, 6.07) is 0. The van der Waals surface area contributed by atoms with Gasteiger partial charge < -0.3 is 25.5 Å². The molecule has 0 saturated heterocycles. The van der Waals surface area contributed by atoms with Crippen molar-refractivity contribution in [3.8, 4) is 0 Å².